The van der Waals surface area contributed by atoms with E-state index in [-0.39, 0.29) is 29.8 Å². The summed E-state index contributed by atoms with van der Waals surface area (Å²) in [6, 6.07) is 2.81. The van der Waals surface area contributed by atoms with Crippen LogP contribution in [0.1, 0.15) is 28.4 Å². The van der Waals surface area contributed by atoms with Crippen LogP contribution in [0.4, 0.5) is 37.7 Å². The van der Waals surface area contributed by atoms with Crippen molar-refractivity contribution in [2.45, 2.75) is 19.3 Å². The lowest BCUT2D eigenvalue weighted by Crippen LogP contribution is -2.31. The van der Waals surface area contributed by atoms with Crippen LogP contribution >= 0.6 is 0 Å². The number of alkyl halides is 6. The number of halogens is 6. The van der Waals surface area contributed by atoms with Crippen molar-refractivity contribution in [3.8, 4) is 11.5 Å². The minimum Gasteiger partial charge on any atom is -0.493 e. The van der Waals surface area contributed by atoms with Gasteiger partial charge in [-0.05, 0) is 31.2 Å². The quantitative estimate of drug-likeness (QED) is 0.538. The molecule has 2 aromatic rings. The first-order valence-electron chi connectivity index (χ1n) is 9.37. The molecule has 0 unspecified atom stereocenters. The standard InChI is InChI=1S/C20H20F6N2O5S/c1-5-28(34(4,30)31)15-10-17(33-3)16(32-2)9-14(15)18(29)27-13-7-11(19(21,22)23)6-12(8-13)20(24,25)26/h6-10H,5H2,1-4H3,(H,27,29). The molecular formula is C20H20F6N2O5S. The molecule has 2 aromatic carbocycles. The molecule has 2 rings (SSSR count). The minimum absolute atomic E-state index is 0.0269. The number of ether oxygens (including phenoxy) is 2. The SMILES string of the molecule is CCN(c1cc(OC)c(OC)cc1C(=O)Nc1cc(C(F)(F)F)cc(C(F)(F)F)c1)S(C)(=O)=O. The van der Waals surface area contributed by atoms with Crippen LogP contribution in [0.15, 0.2) is 30.3 Å². The molecule has 0 aliphatic heterocycles. The third-order valence-corrected chi connectivity index (χ3v) is 5.80. The van der Waals surface area contributed by atoms with Gasteiger partial charge in [-0.25, -0.2) is 8.42 Å². The maximum absolute atomic E-state index is 13.1. The van der Waals surface area contributed by atoms with Crippen LogP contribution in [0.5, 0.6) is 11.5 Å². The van der Waals surface area contributed by atoms with Gasteiger partial charge in [0.25, 0.3) is 5.91 Å². The van der Waals surface area contributed by atoms with Crippen molar-refractivity contribution in [2.75, 3.05) is 36.6 Å². The fourth-order valence-electron chi connectivity index (χ4n) is 3.07. The Hall–Kier alpha value is -3.16. The Morgan fingerprint density at radius 2 is 1.38 bits per heavy atom. The van der Waals surface area contributed by atoms with Gasteiger partial charge in [0.1, 0.15) is 0 Å². The van der Waals surface area contributed by atoms with E-state index in [1.165, 1.54) is 21.1 Å². The highest BCUT2D eigenvalue weighted by molar-refractivity contribution is 7.92. The van der Waals surface area contributed by atoms with Gasteiger partial charge in [0, 0.05) is 18.3 Å². The number of methoxy groups -OCH3 is 2. The summed E-state index contributed by atoms with van der Waals surface area (Å²) in [6.45, 7) is 1.32. The maximum Gasteiger partial charge on any atom is 0.416 e. The third-order valence-electron chi connectivity index (χ3n) is 4.55. The van der Waals surface area contributed by atoms with E-state index in [0.29, 0.717) is 12.1 Å². The Morgan fingerprint density at radius 1 is 0.912 bits per heavy atom. The Kier molecular flexibility index (Phi) is 7.65. The van der Waals surface area contributed by atoms with Crippen molar-refractivity contribution in [2.24, 2.45) is 0 Å². The molecule has 14 heteroatoms. The van der Waals surface area contributed by atoms with Crippen LogP contribution in [0, 0.1) is 0 Å². The maximum atomic E-state index is 13.1. The molecule has 0 atom stereocenters. The second kappa shape index (κ2) is 9.60. The topological polar surface area (TPSA) is 84.9 Å². The van der Waals surface area contributed by atoms with Crippen molar-refractivity contribution in [1.29, 1.82) is 0 Å². The molecule has 0 bridgehead atoms. The summed E-state index contributed by atoms with van der Waals surface area (Å²) >= 11 is 0. The van der Waals surface area contributed by atoms with E-state index in [9.17, 15) is 39.6 Å². The van der Waals surface area contributed by atoms with E-state index < -0.39 is 50.7 Å². The minimum atomic E-state index is -5.12. The molecule has 34 heavy (non-hydrogen) atoms. The monoisotopic (exact) mass is 514 g/mol. The van der Waals surface area contributed by atoms with Crippen LogP contribution in [0.25, 0.3) is 0 Å². The predicted octanol–water partition coefficient (Wildman–Crippen LogP) is 4.78. The summed E-state index contributed by atoms with van der Waals surface area (Å²) < 4.78 is 114. The van der Waals surface area contributed by atoms with Gasteiger partial charge in [-0.15, -0.1) is 0 Å². The van der Waals surface area contributed by atoms with E-state index >= 15 is 0 Å². The van der Waals surface area contributed by atoms with Crippen molar-refractivity contribution in [3.05, 3.63) is 47.0 Å². The van der Waals surface area contributed by atoms with Crippen LogP contribution in [-0.4, -0.2) is 41.3 Å². The second-order valence-corrected chi connectivity index (χ2v) is 8.81. The fourth-order valence-corrected chi connectivity index (χ4v) is 4.04. The third kappa shape index (κ3) is 6.04. The van der Waals surface area contributed by atoms with Gasteiger partial charge in [0.05, 0.1) is 42.9 Å². The number of nitrogens with one attached hydrogen (secondary N) is 1. The zero-order valence-corrected chi connectivity index (χ0v) is 19.1. The van der Waals surface area contributed by atoms with Gasteiger partial charge in [-0.3, -0.25) is 9.10 Å². The molecule has 0 heterocycles. The summed E-state index contributed by atoms with van der Waals surface area (Å²) in [5.41, 5.74) is -4.66. The van der Waals surface area contributed by atoms with Gasteiger partial charge in [0.2, 0.25) is 10.0 Å². The van der Waals surface area contributed by atoms with Crippen molar-refractivity contribution in [3.63, 3.8) is 0 Å². The fraction of sp³-hybridized carbons (Fsp3) is 0.350. The number of nitrogens with zero attached hydrogens (tertiary/aromatic N) is 1. The van der Waals surface area contributed by atoms with E-state index in [0.717, 1.165) is 22.7 Å². The first kappa shape index (κ1) is 27.1. The summed E-state index contributed by atoms with van der Waals surface area (Å²) in [6.07, 6.45) is -9.38. The van der Waals surface area contributed by atoms with Crippen molar-refractivity contribution in [1.82, 2.24) is 0 Å². The molecule has 7 nitrogen and oxygen atoms in total. The average Bonchev–Trinajstić information content (AvgIpc) is 2.71. The molecule has 0 aromatic heterocycles. The molecule has 0 spiro atoms. The lowest BCUT2D eigenvalue weighted by atomic mass is 10.1. The van der Waals surface area contributed by atoms with Gasteiger partial charge in [0.15, 0.2) is 11.5 Å². The number of benzene rings is 2. The van der Waals surface area contributed by atoms with Gasteiger partial charge in [-0.1, -0.05) is 0 Å². The lowest BCUT2D eigenvalue weighted by Gasteiger charge is -2.24. The summed E-state index contributed by atoms with van der Waals surface area (Å²) in [5.74, 6) is -1.17. The predicted molar refractivity (Wildman–Crippen MR) is 112 cm³/mol. The average molecular weight is 514 g/mol. The molecule has 1 amide bonds. The van der Waals surface area contributed by atoms with Gasteiger partial charge in [-0.2, -0.15) is 26.3 Å². The van der Waals surface area contributed by atoms with Gasteiger partial charge < -0.3 is 14.8 Å². The van der Waals surface area contributed by atoms with Crippen molar-refractivity contribution < 1.29 is 49.0 Å². The molecular weight excluding hydrogens is 494 g/mol. The highest BCUT2D eigenvalue weighted by Gasteiger charge is 2.37. The Labute approximate surface area is 191 Å². The Balaban J connectivity index is 2.68. The van der Waals surface area contributed by atoms with E-state index in [1.807, 2.05) is 5.32 Å². The summed E-state index contributed by atoms with van der Waals surface area (Å²) in [7, 11) is -1.47. The Bertz CT molecular complexity index is 1150. The van der Waals surface area contributed by atoms with E-state index in [4.69, 9.17) is 9.47 Å². The molecule has 1 N–H and O–H groups in total. The first-order chi connectivity index (χ1) is 15.5. The zero-order chi connectivity index (χ0) is 26.1. The largest absolute Gasteiger partial charge is 0.493 e. The zero-order valence-electron chi connectivity index (χ0n) is 18.3. The first-order valence-corrected chi connectivity index (χ1v) is 11.2. The summed E-state index contributed by atoms with van der Waals surface area (Å²) in [5, 5.41) is 1.99. The molecule has 188 valence electrons. The van der Waals surface area contributed by atoms with E-state index in [1.54, 1.807) is 0 Å². The molecule has 0 fully saturated rings. The number of rotatable bonds is 7. The highest BCUT2D eigenvalue weighted by atomic mass is 32.2. The number of sulfonamides is 1. The smallest absolute Gasteiger partial charge is 0.416 e. The van der Waals surface area contributed by atoms with Crippen LogP contribution < -0.4 is 19.1 Å². The van der Waals surface area contributed by atoms with Crippen LogP contribution in [0.3, 0.4) is 0 Å². The lowest BCUT2D eigenvalue weighted by molar-refractivity contribution is -0.143. The van der Waals surface area contributed by atoms with Crippen LogP contribution in [-0.2, 0) is 22.4 Å². The number of hydrogen-bond donors (Lipinski definition) is 1. The molecule has 0 radical (unpaired) electrons. The van der Waals surface area contributed by atoms with Gasteiger partial charge >= 0.3 is 12.4 Å². The number of carbonyl (C=O) groups is 1. The summed E-state index contributed by atoms with van der Waals surface area (Å²) in [4.78, 5) is 13.0. The number of carbonyl (C=O) groups excluding carboxylic acids is 1. The van der Waals surface area contributed by atoms with Crippen LogP contribution in [0.2, 0.25) is 0 Å². The molecule has 0 saturated carbocycles. The molecule has 0 aliphatic rings. The molecule has 0 aliphatic carbocycles. The number of anilines is 2. The second-order valence-electron chi connectivity index (χ2n) is 6.90. The van der Waals surface area contributed by atoms with Crippen molar-refractivity contribution >= 4 is 27.3 Å². The van der Waals surface area contributed by atoms with E-state index in [2.05, 4.69) is 0 Å². The normalized spacial score (nSPS) is 12.3. The molecule has 0 saturated heterocycles. The Morgan fingerprint density at radius 3 is 1.76 bits per heavy atom. The number of amides is 1. The number of hydrogen-bond acceptors (Lipinski definition) is 5. The highest BCUT2D eigenvalue weighted by Crippen LogP contribution is 2.39.